The highest BCUT2D eigenvalue weighted by Crippen LogP contribution is 2.40. The average molecular weight is 444 g/mol. The molecule has 1 aliphatic heterocycles. The van der Waals surface area contributed by atoms with Crippen LogP contribution in [0.25, 0.3) is 11.3 Å². The predicted molar refractivity (Wildman–Crippen MR) is 126 cm³/mol. The molecule has 0 atom stereocenters. The molecule has 0 bridgehead atoms. The van der Waals surface area contributed by atoms with Crippen LogP contribution in [-0.2, 0) is 18.5 Å². The molecule has 5 rings (SSSR count). The summed E-state index contributed by atoms with van der Waals surface area (Å²) in [5.41, 5.74) is 11.6. The zero-order valence-electron chi connectivity index (χ0n) is 19.2. The highest BCUT2D eigenvalue weighted by Gasteiger charge is 2.36. The van der Waals surface area contributed by atoms with Crippen molar-refractivity contribution in [2.45, 2.75) is 57.5 Å². The monoisotopic (exact) mass is 443 g/mol. The second kappa shape index (κ2) is 8.49. The van der Waals surface area contributed by atoms with Gasteiger partial charge in [0.1, 0.15) is 0 Å². The molecular weight excluding hydrogens is 414 g/mol. The highest BCUT2D eigenvalue weighted by atomic mass is 16.5. The van der Waals surface area contributed by atoms with Crippen molar-refractivity contribution < 1.29 is 4.74 Å². The lowest BCUT2D eigenvalue weighted by atomic mass is 9.92. The first kappa shape index (κ1) is 21.4. The molecule has 0 unspecified atom stereocenters. The third-order valence-electron chi connectivity index (χ3n) is 7.01. The van der Waals surface area contributed by atoms with Crippen LogP contribution in [0.3, 0.4) is 0 Å². The van der Waals surface area contributed by atoms with E-state index in [2.05, 4.69) is 47.2 Å². The summed E-state index contributed by atoms with van der Waals surface area (Å²) in [4.78, 5) is 11.4. The molecule has 0 amide bonds. The quantitative estimate of drug-likeness (QED) is 0.630. The van der Waals surface area contributed by atoms with E-state index < -0.39 is 0 Å². The van der Waals surface area contributed by atoms with Gasteiger partial charge in [0.25, 0.3) is 5.88 Å². The third-order valence-corrected chi connectivity index (χ3v) is 7.01. The number of nitrogens with zero attached hydrogens (tertiary/aromatic N) is 6. The van der Waals surface area contributed by atoms with Gasteiger partial charge in [-0.25, -0.2) is 9.97 Å². The van der Waals surface area contributed by atoms with Gasteiger partial charge in [-0.2, -0.15) is 10.4 Å². The largest absolute Gasteiger partial charge is 0.433 e. The van der Waals surface area contributed by atoms with Gasteiger partial charge in [-0.3, -0.25) is 4.68 Å². The van der Waals surface area contributed by atoms with Gasteiger partial charge in [0.05, 0.1) is 42.3 Å². The summed E-state index contributed by atoms with van der Waals surface area (Å²) in [5, 5.41) is 13.8. The summed E-state index contributed by atoms with van der Waals surface area (Å²) in [6.45, 7) is 4.17. The maximum Gasteiger partial charge on any atom is 0.263 e. The molecule has 2 aliphatic rings. The Labute approximate surface area is 194 Å². The van der Waals surface area contributed by atoms with E-state index in [4.69, 9.17) is 15.5 Å². The molecule has 8 nitrogen and oxygen atoms in total. The molecule has 3 aromatic rings. The second-order valence-electron chi connectivity index (χ2n) is 9.35. The van der Waals surface area contributed by atoms with E-state index in [-0.39, 0.29) is 17.2 Å². The lowest BCUT2D eigenvalue weighted by Crippen LogP contribution is -2.30. The Kier molecular flexibility index (Phi) is 5.51. The number of nitrogen functional groups attached to an aromatic ring is 1. The molecule has 1 aromatic carbocycles. The fourth-order valence-corrected chi connectivity index (χ4v) is 5.20. The van der Waals surface area contributed by atoms with Gasteiger partial charge in [0, 0.05) is 18.7 Å². The van der Waals surface area contributed by atoms with Crippen LogP contribution < -0.4 is 10.5 Å². The Morgan fingerprint density at radius 2 is 2.06 bits per heavy atom. The molecule has 0 spiro atoms. The van der Waals surface area contributed by atoms with Gasteiger partial charge >= 0.3 is 0 Å². The van der Waals surface area contributed by atoms with Crippen molar-refractivity contribution >= 4 is 5.82 Å². The number of hydrogen-bond donors (Lipinski definition) is 1. The minimum atomic E-state index is -0.247. The summed E-state index contributed by atoms with van der Waals surface area (Å²) < 4.78 is 7.91. The zero-order valence-corrected chi connectivity index (χ0v) is 19.2. The molecular formula is C25H29N7O. The minimum Gasteiger partial charge on any atom is -0.433 e. The van der Waals surface area contributed by atoms with Crippen LogP contribution in [-0.4, -0.2) is 38.2 Å². The number of fused-ring (bicyclic) bond motifs is 1. The smallest absolute Gasteiger partial charge is 0.263 e. The zero-order chi connectivity index (χ0) is 23.0. The number of benzene rings is 1. The summed E-state index contributed by atoms with van der Waals surface area (Å²) in [6, 6.07) is 6.69. The van der Waals surface area contributed by atoms with Crippen molar-refractivity contribution in [3.63, 3.8) is 0 Å². The van der Waals surface area contributed by atoms with E-state index in [9.17, 15) is 5.26 Å². The highest BCUT2D eigenvalue weighted by molar-refractivity contribution is 5.64. The number of nitrogens with two attached hydrogens (primary N) is 1. The number of hydrogen-bond acceptors (Lipinski definition) is 7. The van der Waals surface area contributed by atoms with Crippen LogP contribution in [0, 0.1) is 18.3 Å². The van der Waals surface area contributed by atoms with Crippen molar-refractivity contribution in [2.24, 2.45) is 0 Å². The van der Waals surface area contributed by atoms with Crippen molar-refractivity contribution in [1.82, 2.24) is 24.6 Å². The molecule has 8 heteroatoms. The topological polar surface area (TPSA) is 106 Å². The normalized spacial score (nSPS) is 17.5. The van der Waals surface area contributed by atoms with Crippen molar-refractivity contribution in [2.75, 3.05) is 19.3 Å². The number of ether oxygens (including phenoxy) is 1. The molecule has 0 radical (unpaired) electrons. The van der Waals surface area contributed by atoms with Gasteiger partial charge in [0.15, 0.2) is 11.6 Å². The molecule has 1 fully saturated rings. The van der Waals surface area contributed by atoms with Gasteiger partial charge in [-0.05, 0) is 62.1 Å². The number of likely N-dealkylation sites (N-methyl/N-ethyl adjacent to an activating group) is 1. The number of anilines is 1. The van der Waals surface area contributed by atoms with E-state index in [0.29, 0.717) is 12.2 Å². The maximum absolute atomic E-state index is 9.32. The molecule has 2 N–H and O–H groups in total. The standard InChI is InChI=1S/C25H29N7O/c1-17-11-18(12-19-15-31(2)10-5-21(17)19)22-14-28-23(27)24(30-22)33-20-13-29-32(16-20)25(8-9-26)6-3-4-7-25/h11-14,16H,3-8,10,15H2,1-2H3,(H2,27,28). The Balaban J connectivity index is 1.43. The van der Waals surface area contributed by atoms with E-state index in [1.165, 1.54) is 16.7 Å². The van der Waals surface area contributed by atoms with Gasteiger partial charge in [-0.15, -0.1) is 0 Å². The number of aromatic nitrogens is 4. The van der Waals surface area contributed by atoms with Gasteiger partial charge in [-0.1, -0.05) is 12.8 Å². The average Bonchev–Trinajstić information content (AvgIpc) is 3.46. The first-order valence-electron chi connectivity index (χ1n) is 11.5. The number of nitriles is 1. The molecule has 33 heavy (non-hydrogen) atoms. The second-order valence-corrected chi connectivity index (χ2v) is 9.35. The van der Waals surface area contributed by atoms with Crippen LogP contribution in [0.15, 0.2) is 30.7 Å². The molecule has 0 saturated heterocycles. The van der Waals surface area contributed by atoms with Crippen LogP contribution in [0.5, 0.6) is 11.6 Å². The van der Waals surface area contributed by atoms with E-state index in [1.54, 1.807) is 12.4 Å². The van der Waals surface area contributed by atoms with Crippen LogP contribution in [0.4, 0.5) is 5.82 Å². The van der Waals surface area contributed by atoms with E-state index in [0.717, 1.165) is 56.5 Å². The summed E-state index contributed by atoms with van der Waals surface area (Å²) in [5.74, 6) is 1.04. The SMILES string of the molecule is Cc1cc(-c2cnc(N)c(Oc3cnn(C4(CC#N)CCCC4)c3)n2)cc2c1CCN(C)C2. The van der Waals surface area contributed by atoms with Crippen molar-refractivity contribution in [1.29, 1.82) is 5.26 Å². The molecule has 170 valence electrons. The molecule has 2 aromatic heterocycles. The van der Waals surface area contributed by atoms with Gasteiger partial charge < -0.3 is 15.4 Å². The van der Waals surface area contributed by atoms with E-state index >= 15 is 0 Å². The predicted octanol–water partition coefficient (Wildman–Crippen LogP) is 4.19. The Hall–Kier alpha value is -3.44. The van der Waals surface area contributed by atoms with Crippen molar-refractivity contribution in [3.05, 3.63) is 47.4 Å². The van der Waals surface area contributed by atoms with Gasteiger partial charge in [0.2, 0.25) is 0 Å². The fourth-order valence-electron chi connectivity index (χ4n) is 5.20. The summed E-state index contributed by atoms with van der Waals surface area (Å²) in [7, 11) is 2.15. The molecule has 1 saturated carbocycles. The van der Waals surface area contributed by atoms with Crippen LogP contribution in [0.2, 0.25) is 0 Å². The number of rotatable bonds is 5. The Morgan fingerprint density at radius 3 is 2.85 bits per heavy atom. The summed E-state index contributed by atoms with van der Waals surface area (Å²) >= 11 is 0. The number of aryl methyl sites for hydroxylation is 1. The van der Waals surface area contributed by atoms with E-state index in [1.807, 2.05) is 10.9 Å². The third kappa shape index (κ3) is 4.05. The molecule has 3 heterocycles. The van der Waals surface area contributed by atoms with Crippen LogP contribution >= 0.6 is 0 Å². The lowest BCUT2D eigenvalue weighted by Gasteiger charge is -2.27. The van der Waals surface area contributed by atoms with Crippen molar-refractivity contribution in [3.8, 4) is 29.0 Å². The Bertz CT molecular complexity index is 1220. The molecule has 1 aliphatic carbocycles. The first-order valence-corrected chi connectivity index (χ1v) is 11.5. The fraction of sp³-hybridized carbons (Fsp3) is 0.440. The first-order chi connectivity index (χ1) is 16.0. The summed E-state index contributed by atoms with van der Waals surface area (Å²) in [6.07, 6.45) is 10.8. The maximum atomic E-state index is 9.32. The minimum absolute atomic E-state index is 0.230. The Morgan fingerprint density at radius 1 is 1.24 bits per heavy atom. The lowest BCUT2D eigenvalue weighted by molar-refractivity contribution is 0.268. The van der Waals surface area contributed by atoms with Crippen LogP contribution in [0.1, 0.15) is 48.8 Å².